The smallest absolute Gasteiger partial charge is 0.387 e. The van der Waals surface area contributed by atoms with Gasteiger partial charge < -0.3 is 20.8 Å². The summed E-state index contributed by atoms with van der Waals surface area (Å²) in [4.78, 5) is 26.1. The largest absolute Gasteiger partial charge is 0.435 e. The number of nitrogens with zero attached hydrogens (tertiary/aromatic N) is 4. The summed E-state index contributed by atoms with van der Waals surface area (Å²) in [5.74, 6) is 5.77. The minimum atomic E-state index is -2.91. The van der Waals surface area contributed by atoms with Gasteiger partial charge in [0.15, 0.2) is 5.82 Å². The second-order valence-electron chi connectivity index (χ2n) is 6.41. The van der Waals surface area contributed by atoms with Gasteiger partial charge in [0.05, 0.1) is 17.1 Å². The van der Waals surface area contributed by atoms with Crippen LogP contribution in [0.1, 0.15) is 0 Å². The van der Waals surface area contributed by atoms with Crippen molar-refractivity contribution in [2.75, 3.05) is 28.4 Å². The Balaban J connectivity index is 1.45. The van der Waals surface area contributed by atoms with Gasteiger partial charge in [-0.1, -0.05) is 23.9 Å². The molecule has 1 aliphatic rings. The van der Waals surface area contributed by atoms with Gasteiger partial charge in [-0.2, -0.15) is 8.78 Å². The maximum absolute atomic E-state index is 12.7. The lowest BCUT2D eigenvalue weighted by Crippen LogP contribution is -2.43. The van der Waals surface area contributed by atoms with Crippen molar-refractivity contribution in [3.8, 4) is 17.1 Å². The van der Waals surface area contributed by atoms with Crippen LogP contribution < -0.4 is 20.8 Å². The van der Waals surface area contributed by atoms with Crippen molar-refractivity contribution < 1.29 is 23.1 Å². The summed E-state index contributed by atoms with van der Waals surface area (Å²) in [7, 11) is 0. The third-order valence-electron chi connectivity index (χ3n) is 4.40. The third kappa shape index (κ3) is 4.43. The number of amides is 2. The molecule has 0 atom stereocenters. The second kappa shape index (κ2) is 8.60. The number of nitrogen functional groups attached to an aromatic ring is 1. The van der Waals surface area contributed by atoms with Crippen LogP contribution in [0.5, 0.6) is 5.75 Å². The Morgan fingerprint density at radius 1 is 1.19 bits per heavy atom. The first-order valence-corrected chi connectivity index (χ1v) is 9.98. The maximum atomic E-state index is 12.7. The number of nitrogens with one attached hydrogen (secondary N) is 1. The number of hydrogen-bond acceptors (Lipinski definition) is 7. The quantitative estimate of drug-likeness (QED) is 0.441. The highest BCUT2D eigenvalue weighted by Crippen LogP contribution is 2.30. The Hall–Kier alpha value is -3.67. The fourth-order valence-corrected chi connectivity index (χ4v) is 3.75. The number of rotatable bonds is 6. The Morgan fingerprint density at radius 3 is 2.68 bits per heavy atom. The van der Waals surface area contributed by atoms with Gasteiger partial charge in [0.1, 0.15) is 12.3 Å². The summed E-state index contributed by atoms with van der Waals surface area (Å²) in [5, 5.41) is 11.0. The zero-order valence-electron chi connectivity index (χ0n) is 15.9. The fourth-order valence-electron chi connectivity index (χ4n) is 3.02. The number of alkyl halides is 2. The van der Waals surface area contributed by atoms with Crippen molar-refractivity contribution in [3.63, 3.8) is 0 Å². The van der Waals surface area contributed by atoms with E-state index in [1.54, 1.807) is 24.3 Å². The molecule has 2 aromatic carbocycles. The van der Waals surface area contributed by atoms with E-state index >= 15 is 0 Å². The minimum Gasteiger partial charge on any atom is -0.435 e. The number of nitrogens with two attached hydrogens (primary N) is 1. The summed E-state index contributed by atoms with van der Waals surface area (Å²) >= 11 is 1.07. The number of aromatic nitrogens is 3. The molecule has 2 heterocycles. The van der Waals surface area contributed by atoms with Gasteiger partial charge in [-0.25, -0.2) is 4.68 Å². The topological polar surface area (TPSA) is 115 Å². The number of carbonyl (C=O) groups excluding carboxylic acids is 2. The molecule has 160 valence electrons. The molecule has 0 bridgehead atoms. The molecule has 4 rings (SSSR count). The van der Waals surface area contributed by atoms with Crippen LogP contribution in [0.15, 0.2) is 53.7 Å². The Bertz CT molecular complexity index is 1120. The van der Waals surface area contributed by atoms with Crippen LogP contribution in [-0.4, -0.2) is 45.6 Å². The number of ether oxygens (including phenoxy) is 1. The highest BCUT2D eigenvalue weighted by atomic mass is 32.2. The molecule has 0 saturated heterocycles. The number of fused-ring (bicyclic) bond motifs is 1. The molecule has 2 amide bonds. The van der Waals surface area contributed by atoms with Crippen LogP contribution in [0.3, 0.4) is 0 Å². The van der Waals surface area contributed by atoms with E-state index in [2.05, 4.69) is 20.3 Å². The SMILES string of the molecule is Nn1c(SCC(=O)N2CC(=O)Nc3ccccc32)nnc1-c1ccc(OC(F)F)cc1. The average Bonchev–Trinajstić information content (AvgIpc) is 3.12. The number of para-hydroxylation sites is 2. The molecule has 1 aliphatic heterocycles. The van der Waals surface area contributed by atoms with Crippen molar-refractivity contribution in [1.82, 2.24) is 14.9 Å². The molecular formula is C19H16F2N6O3S. The molecule has 0 radical (unpaired) electrons. The molecule has 0 aliphatic carbocycles. The van der Waals surface area contributed by atoms with Gasteiger partial charge >= 0.3 is 6.61 Å². The first-order valence-electron chi connectivity index (χ1n) is 9.00. The third-order valence-corrected chi connectivity index (χ3v) is 5.33. The average molecular weight is 446 g/mol. The second-order valence-corrected chi connectivity index (χ2v) is 7.36. The summed E-state index contributed by atoms with van der Waals surface area (Å²) in [5.41, 5.74) is 1.73. The van der Waals surface area contributed by atoms with Crippen LogP contribution in [0, 0.1) is 0 Å². The van der Waals surface area contributed by atoms with E-state index in [4.69, 9.17) is 5.84 Å². The molecule has 3 aromatic rings. The molecule has 9 nitrogen and oxygen atoms in total. The van der Waals surface area contributed by atoms with Crippen molar-refractivity contribution in [1.29, 1.82) is 0 Å². The van der Waals surface area contributed by atoms with Gasteiger partial charge in [-0.15, -0.1) is 10.2 Å². The highest BCUT2D eigenvalue weighted by molar-refractivity contribution is 7.99. The van der Waals surface area contributed by atoms with Gasteiger partial charge in [0, 0.05) is 5.56 Å². The predicted octanol–water partition coefficient (Wildman–Crippen LogP) is 2.34. The van der Waals surface area contributed by atoms with Crippen LogP contribution in [-0.2, 0) is 9.59 Å². The summed E-state index contributed by atoms with van der Waals surface area (Å²) < 4.78 is 30.1. The molecular weight excluding hydrogens is 430 g/mol. The van der Waals surface area contributed by atoms with E-state index in [0.29, 0.717) is 22.8 Å². The normalized spacial score (nSPS) is 13.1. The van der Waals surface area contributed by atoms with Crippen molar-refractivity contribution in [2.24, 2.45) is 0 Å². The lowest BCUT2D eigenvalue weighted by molar-refractivity contribution is -0.120. The molecule has 0 saturated carbocycles. The monoisotopic (exact) mass is 446 g/mol. The zero-order valence-corrected chi connectivity index (χ0v) is 16.7. The van der Waals surface area contributed by atoms with E-state index in [1.165, 1.54) is 33.8 Å². The van der Waals surface area contributed by atoms with Crippen LogP contribution in [0.2, 0.25) is 0 Å². The number of thioether (sulfide) groups is 1. The number of carbonyl (C=O) groups is 2. The standard InChI is InChI=1S/C19H16F2N6O3S/c20-18(21)30-12-7-5-11(6-8-12)17-24-25-19(27(17)22)31-10-16(29)26-9-15(28)23-13-3-1-2-4-14(13)26/h1-8,18H,9-10,22H2,(H,23,28). The lowest BCUT2D eigenvalue weighted by atomic mass is 10.2. The molecule has 3 N–H and O–H groups in total. The number of benzene rings is 2. The number of halogens is 2. The molecule has 0 fully saturated rings. The summed E-state index contributed by atoms with van der Waals surface area (Å²) in [6.07, 6.45) is 0. The first-order chi connectivity index (χ1) is 14.9. The molecule has 0 unspecified atom stereocenters. The zero-order chi connectivity index (χ0) is 22.0. The van der Waals surface area contributed by atoms with E-state index in [9.17, 15) is 18.4 Å². The van der Waals surface area contributed by atoms with Crippen molar-refractivity contribution in [2.45, 2.75) is 11.8 Å². The molecule has 31 heavy (non-hydrogen) atoms. The fraction of sp³-hybridized carbons (Fsp3) is 0.158. The summed E-state index contributed by atoms with van der Waals surface area (Å²) in [6, 6.07) is 12.8. The van der Waals surface area contributed by atoms with E-state index in [0.717, 1.165) is 11.8 Å². The first kappa shape index (κ1) is 20.6. The predicted molar refractivity (Wildman–Crippen MR) is 110 cm³/mol. The van der Waals surface area contributed by atoms with E-state index in [-0.39, 0.29) is 35.0 Å². The lowest BCUT2D eigenvalue weighted by Gasteiger charge is -2.28. The van der Waals surface area contributed by atoms with Crippen molar-refractivity contribution >= 4 is 35.0 Å². The van der Waals surface area contributed by atoms with E-state index in [1.807, 2.05) is 0 Å². The Labute approximate surface area is 179 Å². The Morgan fingerprint density at radius 2 is 1.94 bits per heavy atom. The van der Waals surface area contributed by atoms with Gasteiger partial charge in [-0.05, 0) is 36.4 Å². The number of anilines is 2. The van der Waals surface area contributed by atoms with Crippen LogP contribution in [0.4, 0.5) is 20.2 Å². The van der Waals surface area contributed by atoms with Crippen LogP contribution >= 0.6 is 11.8 Å². The maximum Gasteiger partial charge on any atom is 0.387 e. The van der Waals surface area contributed by atoms with Crippen LogP contribution in [0.25, 0.3) is 11.4 Å². The van der Waals surface area contributed by atoms with Gasteiger partial charge in [0.2, 0.25) is 17.0 Å². The minimum absolute atomic E-state index is 0.00730. The molecule has 1 aromatic heterocycles. The molecule has 12 heteroatoms. The number of hydrogen-bond donors (Lipinski definition) is 2. The van der Waals surface area contributed by atoms with Gasteiger partial charge in [-0.3, -0.25) is 9.59 Å². The Kier molecular flexibility index (Phi) is 5.71. The van der Waals surface area contributed by atoms with E-state index < -0.39 is 6.61 Å². The molecule has 0 spiro atoms. The van der Waals surface area contributed by atoms with Gasteiger partial charge in [0.25, 0.3) is 0 Å². The summed E-state index contributed by atoms with van der Waals surface area (Å²) in [6.45, 7) is -2.99. The highest BCUT2D eigenvalue weighted by Gasteiger charge is 2.27. The van der Waals surface area contributed by atoms with Crippen molar-refractivity contribution in [3.05, 3.63) is 48.5 Å².